The van der Waals surface area contributed by atoms with E-state index in [-0.39, 0.29) is 19.3 Å². The molecule has 1 N–H and O–H groups in total. The number of hydrogen-bond donors (Lipinski definition) is 1. The lowest BCUT2D eigenvalue weighted by Crippen LogP contribution is -2.24. The normalized spacial score (nSPS) is 12.4. The summed E-state index contributed by atoms with van der Waals surface area (Å²) in [5.74, 6) is 1.73. The predicted octanol–water partition coefficient (Wildman–Crippen LogP) is 2.25. The van der Waals surface area contributed by atoms with Crippen molar-refractivity contribution >= 4 is 12.1 Å². The van der Waals surface area contributed by atoms with Gasteiger partial charge in [0.1, 0.15) is 5.75 Å². The van der Waals surface area contributed by atoms with Crippen LogP contribution in [-0.2, 0) is 4.79 Å². The van der Waals surface area contributed by atoms with Gasteiger partial charge in [-0.3, -0.25) is 4.79 Å². The van der Waals surface area contributed by atoms with Gasteiger partial charge in [0.05, 0.1) is 6.21 Å². The molecule has 0 aliphatic carbocycles. The average Bonchev–Trinajstić information content (AvgIpc) is 3.02. The largest absolute Gasteiger partial charge is 0.483 e. The minimum atomic E-state index is -0.328. The van der Waals surface area contributed by atoms with Gasteiger partial charge in [-0.15, -0.1) is 0 Å². The van der Waals surface area contributed by atoms with E-state index in [1.807, 2.05) is 37.3 Å². The molecule has 0 fully saturated rings. The van der Waals surface area contributed by atoms with Crippen molar-refractivity contribution in [2.45, 2.75) is 6.92 Å². The predicted molar refractivity (Wildman–Crippen MR) is 85.0 cm³/mol. The number of para-hydroxylation sites is 1. The topological polar surface area (TPSA) is 69.2 Å². The molecule has 0 radical (unpaired) electrons. The Hall–Kier alpha value is -3.02. The first-order valence-electron chi connectivity index (χ1n) is 7.12. The van der Waals surface area contributed by atoms with E-state index in [0.29, 0.717) is 17.2 Å². The molecule has 0 bridgehead atoms. The molecule has 1 amide bonds. The van der Waals surface area contributed by atoms with Crippen molar-refractivity contribution < 1.29 is 19.0 Å². The summed E-state index contributed by atoms with van der Waals surface area (Å²) in [6.45, 7) is 2.05. The number of nitrogens with one attached hydrogen (secondary N) is 1. The van der Waals surface area contributed by atoms with Crippen molar-refractivity contribution in [2.24, 2.45) is 5.10 Å². The van der Waals surface area contributed by atoms with E-state index >= 15 is 0 Å². The number of amides is 1. The van der Waals surface area contributed by atoms with Gasteiger partial charge in [-0.05, 0) is 42.3 Å². The van der Waals surface area contributed by atoms with Gasteiger partial charge in [0.25, 0.3) is 5.91 Å². The second-order valence-electron chi connectivity index (χ2n) is 4.96. The number of carbonyl (C=O) groups is 1. The summed E-state index contributed by atoms with van der Waals surface area (Å²) >= 11 is 0. The first-order chi connectivity index (χ1) is 11.2. The number of rotatable bonds is 5. The van der Waals surface area contributed by atoms with Crippen LogP contribution in [0.3, 0.4) is 0 Å². The summed E-state index contributed by atoms with van der Waals surface area (Å²) in [5.41, 5.74) is 4.20. The smallest absolute Gasteiger partial charge is 0.277 e. The van der Waals surface area contributed by atoms with Crippen molar-refractivity contribution in [3.63, 3.8) is 0 Å². The van der Waals surface area contributed by atoms with Gasteiger partial charge < -0.3 is 14.2 Å². The van der Waals surface area contributed by atoms with E-state index in [1.54, 1.807) is 12.1 Å². The van der Waals surface area contributed by atoms with Crippen LogP contribution in [0.4, 0.5) is 0 Å². The number of nitrogens with zero attached hydrogens (tertiary/aromatic N) is 1. The van der Waals surface area contributed by atoms with Crippen LogP contribution < -0.4 is 19.6 Å². The summed E-state index contributed by atoms with van der Waals surface area (Å²) in [6, 6.07) is 12.9. The van der Waals surface area contributed by atoms with Crippen molar-refractivity contribution in [1.82, 2.24) is 5.43 Å². The molecular formula is C17H16N2O4. The van der Waals surface area contributed by atoms with Crippen LogP contribution in [0.25, 0.3) is 0 Å². The molecule has 2 aromatic carbocycles. The Bertz CT molecular complexity index is 743. The maximum Gasteiger partial charge on any atom is 0.277 e. The monoisotopic (exact) mass is 312 g/mol. The Kier molecular flexibility index (Phi) is 4.42. The van der Waals surface area contributed by atoms with E-state index in [2.05, 4.69) is 10.5 Å². The summed E-state index contributed by atoms with van der Waals surface area (Å²) in [5, 5.41) is 3.90. The number of aryl methyl sites for hydroxylation is 1. The first-order valence-corrected chi connectivity index (χ1v) is 7.12. The van der Waals surface area contributed by atoms with E-state index in [1.165, 1.54) is 6.21 Å². The molecule has 6 heteroatoms. The number of benzene rings is 2. The van der Waals surface area contributed by atoms with Gasteiger partial charge in [0.2, 0.25) is 6.79 Å². The van der Waals surface area contributed by atoms with Gasteiger partial charge >= 0.3 is 0 Å². The minimum absolute atomic E-state index is 0.0939. The number of carbonyl (C=O) groups excluding carboxylic acids is 1. The quantitative estimate of drug-likeness (QED) is 0.679. The van der Waals surface area contributed by atoms with Gasteiger partial charge in [0.15, 0.2) is 18.1 Å². The summed E-state index contributed by atoms with van der Waals surface area (Å²) in [4.78, 5) is 11.7. The third kappa shape index (κ3) is 3.79. The van der Waals surface area contributed by atoms with Crippen LogP contribution in [0.15, 0.2) is 47.6 Å². The highest BCUT2D eigenvalue weighted by atomic mass is 16.7. The van der Waals surface area contributed by atoms with E-state index in [4.69, 9.17) is 14.2 Å². The Morgan fingerprint density at radius 2 is 2.09 bits per heavy atom. The van der Waals surface area contributed by atoms with Gasteiger partial charge in [-0.1, -0.05) is 18.2 Å². The Morgan fingerprint density at radius 1 is 1.26 bits per heavy atom. The lowest BCUT2D eigenvalue weighted by atomic mass is 10.2. The van der Waals surface area contributed by atoms with Crippen molar-refractivity contribution in [3.05, 3.63) is 53.6 Å². The maximum atomic E-state index is 11.7. The fourth-order valence-corrected chi connectivity index (χ4v) is 2.07. The second kappa shape index (κ2) is 6.83. The highest BCUT2D eigenvalue weighted by Gasteiger charge is 2.12. The zero-order chi connectivity index (χ0) is 16.1. The van der Waals surface area contributed by atoms with Crippen LogP contribution in [0, 0.1) is 6.92 Å². The molecule has 0 saturated heterocycles. The third-order valence-corrected chi connectivity index (χ3v) is 3.25. The molecule has 3 rings (SSSR count). The zero-order valence-corrected chi connectivity index (χ0v) is 12.6. The third-order valence-electron chi connectivity index (χ3n) is 3.25. The summed E-state index contributed by atoms with van der Waals surface area (Å²) in [6.07, 6.45) is 1.54. The minimum Gasteiger partial charge on any atom is -0.483 e. The molecule has 1 aliphatic rings. The molecule has 118 valence electrons. The SMILES string of the molecule is Cc1ccccc1OCC(=O)N/N=C/c1ccc2c(c1)OCO2. The molecule has 6 nitrogen and oxygen atoms in total. The standard InChI is InChI=1S/C17H16N2O4/c1-12-4-2-3-5-14(12)21-10-17(20)19-18-9-13-6-7-15-16(8-13)23-11-22-15/h2-9H,10-11H2,1H3,(H,19,20)/b18-9+. The Balaban J connectivity index is 1.50. The van der Waals surface area contributed by atoms with Gasteiger partial charge in [-0.25, -0.2) is 5.43 Å². The summed E-state index contributed by atoms with van der Waals surface area (Å²) < 4.78 is 15.9. The molecular weight excluding hydrogens is 296 g/mol. The summed E-state index contributed by atoms with van der Waals surface area (Å²) in [7, 11) is 0. The Labute approximate surface area is 133 Å². The van der Waals surface area contributed by atoms with Crippen LogP contribution in [0.2, 0.25) is 0 Å². The van der Waals surface area contributed by atoms with E-state index < -0.39 is 0 Å². The Morgan fingerprint density at radius 3 is 2.96 bits per heavy atom. The molecule has 0 unspecified atom stereocenters. The highest BCUT2D eigenvalue weighted by molar-refractivity contribution is 5.83. The average molecular weight is 312 g/mol. The second-order valence-corrected chi connectivity index (χ2v) is 4.96. The molecule has 0 spiro atoms. The van der Waals surface area contributed by atoms with Crippen molar-refractivity contribution in [1.29, 1.82) is 0 Å². The molecule has 0 aromatic heterocycles. The van der Waals surface area contributed by atoms with Gasteiger partial charge in [-0.2, -0.15) is 5.10 Å². The number of hydrazone groups is 1. The van der Waals surface area contributed by atoms with Gasteiger partial charge in [0, 0.05) is 0 Å². The van der Waals surface area contributed by atoms with Crippen LogP contribution in [0.5, 0.6) is 17.2 Å². The number of fused-ring (bicyclic) bond motifs is 1. The fourth-order valence-electron chi connectivity index (χ4n) is 2.07. The lowest BCUT2D eigenvalue weighted by molar-refractivity contribution is -0.123. The van der Waals surface area contributed by atoms with Crippen LogP contribution >= 0.6 is 0 Å². The number of ether oxygens (including phenoxy) is 3. The molecule has 1 aliphatic heterocycles. The zero-order valence-electron chi connectivity index (χ0n) is 12.6. The highest BCUT2D eigenvalue weighted by Crippen LogP contribution is 2.31. The van der Waals surface area contributed by atoms with Crippen LogP contribution in [0.1, 0.15) is 11.1 Å². The van der Waals surface area contributed by atoms with Crippen LogP contribution in [-0.4, -0.2) is 25.5 Å². The lowest BCUT2D eigenvalue weighted by Gasteiger charge is -2.07. The van der Waals surface area contributed by atoms with E-state index in [0.717, 1.165) is 11.1 Å². The molecule has 0 atom stereocenters. The maximum absolute atomic E-state index is 11.7. The molecule has 23 heavy (non-hydrogen) atoms. The fraction of sp³-hybridized carbons (Fsp3) is 0.176. The number of hydrogen-bond acceptors (Lipinski definition) is 5. The first kappa shape index (κ1) is 14.9. The molecule has 1 heterocycles. The molecule has 0 saturated carbocycles. The van der Waals surface area contributed by atoms with E-state index in [9.17, 15) is 4.79 Å². The molecule has 2 aromatic rings. The van der Waals surface area contributed by atoms with Crippen molar-refractivity contribution in [2.75, 3.05) is 13.4 Å². The van der Waals surface area contributed by atoms with Crippen molar-refractivity contribution in [3.8, 4) is 17.2 Å².